The maximum absolute atomic E-state index is 11.4. The number of rotatable bonds is 2. The van der Waals surface area contributed by atoms with Crippen LogP contribution in [0.15, 0.2) is 4.52 Å². The lowest BCUT2D eigenvalue weighted by Gasteiger charge is -2.05. The number of carbonyl (C=O) groups excluding carboxylic acids is 1. The SMILES string of the molecule is Cc1onc(C(=O)N(C)C)c1[N+](=O)[O-]. The second-order valence-corrected chi connectivity index (χ2v) is 2.89. The van der Waals surface area contributed by atoms with Gasteiger partial charge in [-0.05, 0) is 0 Å². The third-order valence-electron chi connectivity index (χ3n) is 1.62. The van der Waals surface area contributed by atoms with Gasteiger partial charge >= 0.3 is 5.69 Å². The van der Waals surface area contributed by atoms with E-state index in [0.29, 0.717) is 0 Å². The number of hydrogen-bond acceptors (Lipinski definition) is 5. The summed E-state index contributed by atoms with van der Waals surface area (Å²) in [5.74, 6) is -0.520. The van der Waals surface area contributed by atoms with E-state index in [4.69, 9.17) is 0 Å². The first-order chi connectivity index (χ1) is 6.45. The van der Waals surface area contributed by atoms with E-state index in [1.165, 1.54) is 25.9 Å². The molecule has 0 saturated heterocycles. The summed E-state index contributed by atoms with van der Waals surface area (Å²) in [7, 11) is 2.96. The molecule has 0 radical (unpaired) electrons. The molecule has 1 amide bonds. The van der Waals surface area contributed by atoms with E-state index in [1.807, 2.05) is 0 Å². The van der Waals surface area contributed by atoms with Crippen LogP contribution in [0.1, 0.15) is 16.2 Å². The molecule has 1 aromatic heterocycles. The van der Waals surface area contributed by atoms with E-state index < -0.39 is 10.8 Å². The summed E-state index contributed by atoms with van der Waals surface area (Å²) in [5, 5.41) is 13.9. The Bertz CT molecular complexity index is 382. The van der Waals surface area contributed by atoms with Crippen molar-refractivity contribution >= 4 is 11.6 Å². The molecule has 1 rings (SSSR count). The van der Waals surface area contributed by atoms with E-state index in [1.54, 1.807) is 0 Å². The van der Waals surface area contributed by atoms with Gasteiger partial charge in [0, 0.05) is 21.0 Å². The van der Waals surface area contributed by atoms with Gasteiger partial charge in [0.05, 0.1) is 4.92 Å². The smallest absolute Gasteiger partial charge is 0.344 e. The minimum absolute atomic E-state index is 0.0280. The van der Waals surface area contributed by atoms with Crippen molar-refractivity contribution in [2.24, 2.45) is 0 Å². The molecule has 0 N–H and O–H groups in total. The van der Waals surface area contributed by atoms with Gasteiger partial charge in [0.2, 0.25) is 11.5 Å². The fourth-order valence-corrected chi connectivity index (χ4v) is 0.934. The number of amides is 1. The van der Waals surface area contributed by atoms with Gasteiger partial charge in [0.15, 0.2) is 0 Å². The minimum atomic E-state index is -0.678. The average Bonchev–Trinajstić information content (AvgIpc) is 2.45. The van der Waals surface area contributed by atoms with Gasteiger partial charge in [0.25, 0.3) is 5.91 Å². The maximum atomic E-state index is 11.4. The first-order valence-corrected chi connectivity index (χ1v) is 3.77. The lowest BCUT2D eigenvalue weighted by atomic mass is 10.3. The molecular weight excluding hydrogens is 190 g/mol. The zero-order valence-electron chi connectivity index (χ0n) is 7.97. The van der Waals surface area contributed by atoms with E-state index in [-0.39, 0.29) is 17.1 Å². The van der Waals surface area contributed by atoms with Gasteiger partial charge in [-0.1, -0.05) is 5.16 Å². The summed E-state index contributed by atoms with van der Waals surface area (Å²) in [5.41, 5.74) is -0.638. The van der Waals surface area contributed by atoms with Crippen molar-refractivity contribution in [1.29, 1.82) is 0 Å². The summed E-state index contributed by atoms with van der Waals surface area (Å²) >= 11 is 0. The maximum Gasteiger partial charge on any atom is 0.344 e. The molecule has 0 fully saturated rings. The zero-order chi connectivity index (χ0) is 10.9. The quantitative estimate of drug-likeness (QED) is 0.513. The highest BCUT2D eigenvalue weighted by Crippen LogP contribution is 2.22. The van der Waals surface area contributed by atoms with E-state index in [2.05, 4.69) is 9.68 Å². The number of carbonyl (C=O) groups is 1. The van der Waals surface area contributed by atoms with Gasteiger partial charge in [-0.15, -0.1) is 0 Å². The predicted molar refractivity (Wildman–Crippen MR) is 45.9 cm³/mol. The number of nitrogens with zero attached hydrogens (tertiary/aromatic N) is 3. The van der Waals surface area contributed by atoms with Crippen LogP contribution in [0.4, 0.5) is 5.69 Å². The lowest BCUT2D eigenvalue weighted by Crippen LogP contribution is -2.22. The Morgan fingerprint density at radius 3 is 2.57 bits per heavy atom. The fraction of sp³-hybridized carbons (Fsp3) is 0.429. The van der Waals surface area contributed by atoms with Crippen LogP contribution in [0, 0.1) is 17.0 Å². The Labute approximate surface area is 79.4 Å². The van der Waals surface area contributed by atoms with Crippen LogP contribution in [0.5, 0.6) is 0 Å². The highest BCUT2D eigenvalue weighted by atomic mass is 16.6. The Hall–Kier alpha value is -1.92. The van der Waals surface area contributed by atoms with Crippen LogP contribution in [0.2, 0.25) is 0 Å². The highest BCUT2D eigenvalue weighted by Gasteiger charge is 2.30. The number of hydrogen-bond donors (Lipinski definition) is 0. The Morgan fingerprint density at radius 2 is 2.14 bits per heavy atom. The van der Waals surface area contributed by atoms with Crippen molar-refractivity contribution in [3.63, 3.8) is 0 Å². The van der Waals surface area contributed by atoms with Crippen LogP contribution < -0.4 is 0 Å². The minimum Gasteiger partial charge on any atom is -0.353 e. The van der Waals surface area contributed by atoms with Crippen LogP contribution in [0.3, 0.4) is 0 Å². The molecule has 0 saturated carbocycles. The van der Waals surface area contributed by atoms with Crippen molar-refractivity contribution in [3.8, 4) is 0 Å². The monoisotopic (exact) mass is 199 g/mol. The van der Waals surface area contributed by atoms with Crippen LogP contribution in [-0.4, -0.2) is 35.0 Å². The molecule has 0 aliphatic rings. The van der Waals surface area contributed by atoms with Gasteiger partial charge < -0.3 is 9.42 Å². The molecule has 1 aromatic rings. The molecule has 0 aromatic carbocycles. The van der Waals surface area contributed by atoms with Crippen molar-refractivity contribution in [1.82, 2.24) is 10.1 Å². The molecule has 0 aliphatic carbocycles. The van der Waals surface area contributed by atoms with Crippen molar-refractivity contribution in [2.75, 3.05) is 14.1 Å². The number of aromatic nitrogens is 1. The van der Waals surface area contributed by atoms with Crippen molar-refractivity contribution in [2.45, 2.75) is 6.92 Å². The first-order valence-electron chi connectivity index (χ1n) is 3.77. The Balaban J connectivity index is 3.22. The first kappa shape index (κ1) is 10.2. The largest absolute Gasteiger partial charge is 0.353 e. The lowest BCUT2D eigenvalue weighted by molar-refractivity contribution is -0.386. The molecule has 0 spiro atoms. The highest BCUT2D eigenvalue weighted by molar-refractivity contribution is 5.95. The van der Waals surface area contributed by atoms with Crippen molar-refractivity contribution in [3.05, 3.63) is 21.6 Å². The Kier molecular flexibility index (Phi) is 2.50. The fourth-order valence-electron chi connectivity index (χ4n) is 0.934. The molecule has 1 heterocycles. The average molecular weight is 199 g/mol. The van der Waals surface area contributed by atoms with Crippen LogP contribution in [-0.2, 0) is 0 Å². The Morgan fingerprint density at radius 1 is 1.57 bits per heavy atom. The number of nitro groups is 1. The molecule has 7 heteroatoms. The van der Waals surface area contributed by atoms with E-state index in [9.17, 15) is 14.9 Å². The molecule has 0 bridgehead atoms. The van der Waals surface area contributed by atoms with Crippen molar-refractivity contribution < 1.29 is 14.2 Å². The molecule has 7 nitrogen and oxygen atoms in total. The third-order valence-corrected chi connectivity index (χ3v) is 1.62. The second-order valence-electron chi connectivity index (χ2n) is 2.89. The standard InChI is InChI=1S/C7H9N3O4/c1-4-6(10(12)13)5(8-14-4)7(11)9(2)3/h1-3H3. The molecule has 0 aliphatic heterocycles. The summed E-state index contributed by atoms with van der Waals surface area (Å²) in [6.45, 7) is 1.39. The topological polar surface area (TPSA) is 89.5 Å². The molecule has 76 valence electrons. The van der Waals surface area contributed by atoms with E-state index in [0.717, 1.165) is 0 Å². The number of aryl methyl sites for hydroxylation is 1. The second kappa shape index (κ2) is 3.44. The summed E-state index contributed by atoms with van der Waals surface area (Å²) in [6, 6.07) is 0. The zero-order valence-corrected chi connectivity index (χ0v) is 7.97. The third kappa shape index (κ3) is 1.56. The summed E-state index contributed by atoms with van der Waals surface area (Å²) < 4.78 is 4.59. The van der Waals surface area contributed by atoms with Crippen LogP contribution in [0.25, 0.3) is 0 Å². The van der Waals surface area contributed by atoms with Gasteiger partial charge in [-0.2, -0.15) is 0 Å². The molecule has 0 atom stereocenters. The molecule has 0 unspecified atom stereocenters. The van der Waals surface area contributed by atoms with Gasteiger partial charge in [-0.3, -0.25) is 14.9 Å². The van der Waals surface area contributed by atoms with Gasteiger partial charge in [-0.25, -0.2) is 0 Å². The summed E-state index contributed by atoms with van der Waals surface area (Å²) in [4.78, 5) is 22.5. The van der Waals surface area contributed by atoms with E-state index >= 15 is 0 Å². The summed E-state index contributed by atoms with van der Waals surface area (Å²) in [6.07, 6.45) is 0. The normalized spacial score (nSPS) is 9.93. The predicted octanol–water partition coefficient (Wildman–Crippen LogP) is 0.593. The van der Waals surface area contributed by atoms with Crippen LogP contribution >= 0.6 is 0 Å². The van der Waals surface area contributed by atoms with Gasteiger partial charge in [0.1, 0.15) is 0 Å². The molecule has 14 heavy (non-hydrogen) atoms. The molecular formula is C7H9N3O4.